The first-order valence-electron chi connectivity index (χ1n) is 22.0. The minimum atomic E-state index is -2.84. The van der Waals surface area contributed by atoms with E-state index in [0.29, 0.717) is 21.9 Å². The first-order valence-corrected chi connectivity index (χ1v) is 15.0. The molecular formula is C44H28N2. The number of hydrogen-bond donors (Lipinski definition) is 0. The standard InChI is InChI=1S/C44H28N2/c1-25-11-15-27(16-12-25)29-19-21-31-35-23-40-36(24-39(35)45-37-9-5-3-7-33(37)41(29)43(31)45)32-22-20-30(28-17-13-26(2)14-18-28)42-34-8-4-6-10-38(34)46(40)44(32)42/h3-24H,1-2H3/i1D3,2D3,11D,12D,13D,14D,15D,16D,17D,18D. The van der Waals surface area contributed by atoms with E-state index < -0.39 is 73.2 Å². The Balaban J connectivity index is 1.26. The molecule has 214 valence electrons. The van der Waals surface area contributed by atoms with Gasteiger partial charge in [-0.25, -0.2) is 0 Å². The normalized spacial score (nSPS) is 17.5. The lowest BCUT2D eigenvalue weighted by Gasteiger charge is -2.06. The van der Waals surface area contributed by atoms with E-state index in [2.05, 4.69) is 20.9 Å². The quantitative estimate of drug-likeness (QED) is 0.187. The van der Waals surface area contributed by atoms with Gasteiger partial charge in [0.25, 0.3) is 0 Å². The lowest BCUT2D eigenvalue weighted by Crippen LogP contribution is -1.82. The first kappa shape index (κ1) is 14.9. The van der Waals surface area contributed by atoms with Crippen LogP contribution in [-0.4, -0.2) is 8.80 Å². The van der Waals surface area contributed by atoms with Crippen LogP contribution in [0.25, 0.3) is 98.4 Å². The highest BCUT2D eigenvalue weighted by Gasteiger charge is 2.24. The number of benzene rings is 7. The lowest BCUT2D eigenvalue weighted by molar-refractivity contribution is 1.36. The van der Waals surface area contributed by atoms with E-state index >= 15 is 0 Å². The van der Waals surface area contributed by atoms with Crippen molar-refractivity contribution in [3.05, 3.63) is 144 Å². The second-order valence-electron chi connectivity index (χ2n) is 11.9. The van der Waals surface area contributed by atoms with Crippen molar-refractivity contribution in [2.24, 2.45) is 0 Å². The molecule has 2 heteroatoms. The van der Waals surface area contributed by atoms with Crippen LogP contribution in [0.1, 0.15) is 30.3 Å². The van der Waals surface area contributed by atoms with Crippen LogP contribution in [0.5, 0.6) is 0 Å². The van der Waals surface area contributed by atoms with Gasteiger partial charge >= 0.3 is 0 Å². The van der Waals surface area contributed by atoms with Crippen molar-refractivity contribution in [1.82, 2.24) is 8.80 Å². The summed E-state index contributed by atoms with van der Waals surface area (Å²) in [5, 5.41) is 6.62. The SMILES string of the molecule is [2H]c1c([2H])c(C([2H])([2H])[2H])c([2H])c([2H])c1-c1ccc2c3cc4c(cc3n3c5ccccc5c1c23)c1ccc(-c2c([2H])c([2H])c(C([2H])([2H])[2H])c([2H])c2[2H])c2c3ccccc3n4c12. The summed E-state index contributed by atoms with van der Waals surface area (Å²) in [4.78, 5) is 0. The zero-order valence-electron chi connectivity index (χ0n) is 38.0. The Morgan fingerprint density at radius 1 is 0.435 bits per heavy atom. The van der Waals surface area contributed by atoms with Gasteiger partial charge in [-0.3, -0.25) is 0 Å². The van der Waals surface area contributed by atoms with Crippen molar-refractivity contribution >= 4 is 76.2 Å². The van der Waals surface area contributed by atoms with Gasteiger partial charge in [-0.15, -0.1) is 0 Å². The minimum absolute atomic E-state index is 0.0200. The predicted molar refractivity (Wildman–Crippen MR) is 196 cm³/mol. The summed E-state index contributed by atoms with van der Waals surface area (Å²) >= 11 is 0. The molecule has 0 aliphatic rings. The second kappa shape index (κ2) is 8.44. The summed E-state index contributed by atoms with van der Waals surface area (Å²) in [5.74, 6) is 0. The van der Waals surface area contributed by atoms with Crippen LogP contribution in [0.2, 0.25) is 0 Å². The Bertz CT molecular complexity index is 3420. The highest BCUT2D eigenvalue weighted by Crippen LogP contribution is 2.48. The summed E-state index contributed by atoms with van der Waals surface area (Å²) < 4.78 is 122. The zero-order valence-corrected chi connectivity index (χ0v) is 24.0. The molecule has 4 aromatic heterocycles. The molecule has 0 atom stereocenters. The van der Waals surface area contributed by atoms with Crippen LogP contribution in [0.4, 0.5) is 0 Å². The van der Waals surface area contributed by atoms with E-state index in [9.17, 15) is 0 Å². The molecule has 0 saturated heterocycles. The Hall–Kier alpha value is -5.86. The molecule has 11 aromatic rings. The van der Waals surface area contributed by atoms with E-state index in [-0.39, 0.29) is 11.1 Å². The van der Waals surface area contributed by atoms with Crippen molar-refractivity contribution < 1.29 is 19.2 Å². The van der Waals surface area contributed by atoms with Crippen LogP contribution in [0, 0.1) is 13.7 Å². The van der Waals surface area contributed by atoms with Crippen molar-refractivity contribution in [2.75, 3.05) is 0 Å². The minimum Gasteiger partial charge on any atom is -0.308 e. The van der Waals surface area contributed by atoms with Crippen molar-refractivity contribution in [3.8, 4) is 22.3 Å². The van der Waals surface area contributed by atoms with Crippen LogP contribution in [0.15, 0.2) is 133 Å². The summed E-state index contributed by atoms with van der Waals surface area (Å²) in [5.41, 5.74) is 4.78. The van der Waals surface area contributed by atoms with E-state index in [1.165, 1.54) is 0 Å². The summed E-state index contributed by atoms with van der Waals surface area (Å²) in [6.45, 7) is -5.68. The third-order valence-electron chi connectivity index (χ3n) is 9.60. The Labute approximate surface area is 284 Å². The molecule has 0 N–H and O–H groups in total. The molecule has 4 heterocycles. The van der Waals surface area contributed by atoms with Gasteiger partial charge in [-0.05, 0) is 60.2 Å². The maximum Gasteiger partial charge on any atom is 0.0629 e. The predicted octanol–water partition coefficient (Wildman–Crippen LogP) is 11.9. The third-order valence-corrected chi connectivity index (χ3v) is 9.60. The van der Waals surface area contributed by atoms with Gasteiger partial charge in [0.15, 0.2) is 0 Å². The molecule has 11 rings (SSSR count). The lowest BCUT2D eigenvalue weighted by atomic mass is 9.96. The van der Waals surface area contributed by atoms with Crippen LogP contribution in [0.3, 0.4) is 0 Å². The fraction of sp³-hybridized carbons (Fsp3) is 0.0455. The van der Waals surface area contributed by atoms with Gasteiger partial charge in [-0.2, -0.15) is 0 Å². The molecule has 0 aliphatic heterocycles. The summed E-state index contributed by atoms with van der Waals surface area (Å²) in [6, 6.07) is 23.0. The van der Waals surface area contributed by atoms with Gasteiger partial charge in [0.05, 0.1) is 44.1 Å². The number of hydrogen-bond acceptors (Lipinski definition) is 0. The van der Waals surface area contributed by atoms with Crippen LogP contribution in [-0.2, 0) is 0 Å². The monoisotopic (exact) mass is 598 g/mol. The smallest absolute Gasteiger partial charge is 0.0629 e. The fourth-order valence-electron chi connectivity index (χ4n) is 7.82. The number of rotatable bonds is 2. The van der Waals surface area contributed by atoms with Crippen molar-refractivity contribution in [3.63, 3.8) is 0 Å². The fourth-order valence-corrected chi connectivity index (χ4v) is 7.82. The average Bonchev–Trinajstić information content (AvgIpc) is 3.92. The maximum absolute atomic E-state index is 8.98. The molecule has 0 spiro atoms. The van der Waals surface area contributed by atoms with Gasteiger partial charge in [0.2, 0.25) is 0 Å². The number of nitrogens with zero attached hydrogens (tertiary/aromatic N) is 2. The van der Waals surface area contributed by atoms with E-state index in [1.54, 1.807) is 12.1 Å². The molecule has 0 unspecified atom stereocenters. The molecule has 0 saturated carbocycles. The number of para-hydroxylation sites is 2. The van der Waals surface area contributed by atoms with Gasteiger partial charge < -0.3 is 8.80 Å². The molecule has 2 nitrogen and oxygen atoms in total. The number of fused-ring (bicyclic) bond motifs is 12. The van der Waals surface area contributed by atoms with Crippen molar-refractivity contribution in [2.45, 2.75) is 13.7 Å². The van der Waals surface area contributed by atoms with E-state index in [0.717, 1.165) is 65.4 Å². The van der Waals surface area contributed by atoms with Gasteiger partial charge in [0, 0.05) is 51.3 Å². The molecular weight excluding hydrogens is 556 g/mol. The number of aromatic nitrogens is 2. The summed E-state index contributed by atoms with van der Waals surface area (Å²) in [6.07, 6.45) is 0. The largest absolute Gasteiger partial charge is 0.308 e. The summed E-state index contributed by atoms with van der Waals surface area (Å²) in [7, 11) is 0. The molecule has 0 amide bonds. The molecule has 0 bridgehead atoms. The molecule has 0 fully saturated rings. The average molecular weight is 599 g/mol. The van der Waals surface area contributed by atoms with Crippen LogP contribution < -0.4 is 0 Å². The Kier molecular flexibility index (Phi) is 2.74. The molecule has 7 aromatic carbocycles. The third kappa shape index (κ3) is 2.92. The van der Waals surface area contributed by atoms with E-state index in [4.69, 9.17) is 19.2 Å². The van der Waals surface area contributed by atoms with Crippen LogP contribution >= 0.6 is 0 Å². The Morgan fingerprint density at radius 3 is 1.30 bits per heavy atom. The molecule has 0 radical (unpaired) electrons. The highest BCUT2D eigenvalue weighted by atomic mass is 14.9. The second-order valence-corrected chi connectivity index (χ2v) is 11.9. The zero-order chi connectivity index (χ0) is 42.2. The van der Waals surface area contributed by atoms with Gasteiger partial charge in [0.1, 0.15) is 0 Å². The molecule has 46 heavy (non-hydrogen) atoms. The van der Waals surface area contributed by atoms with Crippen molar-refractivity contribution in [1.29, 1.82) is 0 Å². The van der Waals surface area contributed by atoms with E-state index in [1.807, 2.05) is 60.7 Å². The Morgan fingerprint density at radius 2 is 0.870 bits per heavy atom. The molecule has 0 aliphatic carbocycles. The topological polar surface area (TPSA) is 8.82 Å². The maximum atomic E-state index is 8.98. The highest BCUT2D eigenvalue weighted by molar-refractivity contribution is 6.31. The van der Waals surface area contributed by atoms with Gasteiger partial charge in [-0.1, -0.05) is 120 Å². The first-order chi connectivity index (χ1) is 28.4.